The summed E-state index contributed by atoms with van der Waals surface area (Å²) in [4.78, 5) is 48.2. The van der Waals surface area contributed by atoms with E-state index in [1.807, 2.05) is 0 Å². The van der Waals surface area contributed by atoms with Crippen LogP contribution >= 0.6 is 11.6 Å². The Labute approximate surface area is 174 Å². The summed E-state index contributed by atoms with van der Waals surface area (Å²) < 4.78 is 0. The Hall–Kier alpha value is -2.74. The van der Waals surface area contributed by atoms with Gasteiger partial charge in [0.1, 0.15) is 12.1 Å². The minimum Gasteiger partial charge on any atom is -0.350 e. The smallest absolute Gasteiger partial charge is 0.243 e. The van der Waals surface area contributed by atoms with Gasteiger partial charge in [0.05, 0.1) is 6.21 Å². The van der Waals surface area contributed by atoms with Gasteiger partial charge in [-0.1, -0.05) is 23.7 Å². The summed E-state index contributed by atoms with van der Waals surface area (Å²) in [5.41, 5.74) is 0.831. The largest absolute Gasteiger partial charge is 0.350 e. The van der Waals surface area contributed by atoms with Gasteiger partial charge in [0.15, 0.2) is 5.78 Å². The maximum Gasteiger partial charge on any atom is 0.243 e. The highest BCUT2D eigenvalue weighted by Gasteiger charge is 2.38. The Morgan fingerprint density at radius 2 is 1.79 bits per heavy atom. The fourth-order valence-electron chi connectivity index (χ4n) is 2.85. The second-order valence-corrected chi connectivity index (χ2v) is 7.51. The Morgan fingerprint density at radius 3 is 2.34 bits per heavy atom. The Morgan fingerprint density at radius 1 is 1.14 bits per heavy atom. The third-order valence-electron chi connectivity index (χ3n) is 4.59. The fourth-order valence-corrected chi connectivity index (χ4v) is 2.98. The summed E-state index contributed by atoms with van der Waals surface area (Å²) in [5, 5.41) is 15.6. The number of carbonyl (C=O) groups excluding carboxylic acids is 4. The molecule has 0 aromatic heterocycles. The number of halogens is 1. The van der Waals surface area contributed by atoms with Crippen LogP contribution in [0.4, 0.5) is 0 Å². The normalized spacial score (nSPS) is 15.0. The van der Waals surface area contributed by atoms with Gasteiger partial charge in [-0.2, -0.15) is 0 Å². The van der Waals surface area contributed by atoms with Crippen LogP contribution in [0.2, 0.25) is 5.02 Å². The van der Waals surface area contributed by atoms with Crippen molar-refractivity contribution in [3.05, 3.63) is 34.9 Å². The first-order valence-corrected chi connectivity index (χ1v) is 9.81. The highest BCUT2D eigenvalue weighted by atomic mass is 35.5. The zero-order chi connectivity index (χ0) is 21.4. The molecule has 1 aliphatic rings. The molecule has 1 saturated carbocycles. The molecule has 1 aromatic rings. The summed E-state index contributed by atoms with van der Waals surface area (Å²) >= 11 is 5.85. The number of hydrogen-bond donors (Lipinski definition) is 4. The average Bonchev–Trinajstić information content (AvgIpc) is 3.53. The van der Waals surface area contributed by atoms with Gasteiger partial charge in [-0.05, 0) is 42.9 Å². The third-order valence-corrected chi connectivity index (χ3v) is 4.84. The van der Waals surface area contributed by atoms with E-state index in [1.165, 1.54) is 6.92 Å². The molecule has 0 aliphatic heterocycles. The predicted octanol–water partition coefficient (Wildman–Crippen LogP) is 1.35. The van der Waals surface area contributed by atoms with Crippen LogP contribution in [0, 0.1) is 11.3 Å². The SMILES string of the molecule is CC(=O)N[C@H](C(=O)N[C@@H](CCC(=O)C=N)C(=O)NCc1ccc(Cl)cc1)C1CC1. The molecule has 0 spiro atoms. The summed E-state index contributed by atoms with van der Waals surface area (Å²) in [6.07, 6.45) is 2.37. The number of carbonyl (C=O) groups is 4. The Kier molecular flexibility index (Phi) is 8.33. The molecule has 0 bridgehead atoms. The number of Topliss-reactive ketones (excluding diaryl/α,β-unsaturated/α-hetero) is 1. The average molecular weight is 421 g/mol. The second-order valence-electron chi connectivity index (χ2n) is 7.07. The fraction of sp³-hybridized carbons (Fsp3) is 0.450. The van der Waals surface area contributed by atoms with Crippen LogP contribution in [0.25, 0.3) is 0 Å². The number of amides is 3. The Balaban J connectivity index is 2.01. The standard InChI is InChI=1S/C20H25ClN4O4/c1-12(26)24-18(14-4-5-14)20(29)25-17(9-8-16(27)10-22)19(28)23-11-13-2-6-15(21)7-3-13/h2-3,6-7,10,14,17-18,22H,4-5,8-9,11H2,1H3,(H,23,28)(H,24,26)(H,25,29)/t17-,18-/m0/s1. The molecule has 0 unspecified atom stereocenters. The molecule has 29 heavy (non-hydrogen) atoms. The van der Waals surface area contributed by atoms with Crippen LogP contribution in [-0.4, -0.2) is 41.8 Å². The molecule has 0 saturated heterocycles. The monoisotopic (exact) mass is 420 g/mol. The molecule has 0 heterocycles. The van der Waals surface area contributed by atoms with E-state index in [0.29, 0.717) is 11.2 Å². The van der Waals surface area contributed by atoms with E-state index in [0.717, 1.165) is 18.4 Å². The zero-order valence-electron chi connectivity index (χ0n) is 16.2. The molecule has 156 valence electrons. The molecule has 0 radical (unpaired) electrons. The van der Waals surface area contributed by atoms with Crippen molar-refractivity contribution in [3.63, 3.8) is 0 Å². The first-order chi connectivity index (χ1) is 13.8. The van der Waals surface area contributed by atoms with E-state index in [-0.39, 0.29) is 31.2 Å². The van der Waals surface area contributed by atoms with Gasteiger partial charge >= 0.3 is 0 Å². The molecule has 8 nitrogen and oxygen atoms in total. The number of hydrogen-bond acceptors (Lipinski definition) is 5. The highest BCUT2D eigenvalue weighted by Crippen LogP contribution is 2.32. The van der Waals surface area contributed by atoms with Gasteiger partial charge in [-0.15, -0.1) is 0 Å². The lowest BCUT2D eigenvalue weighted by Gasteiger charge is -2.22. The van der Waals surface area contributed by atoms with Crippen LogP contribution in [0.1, 0.15) is 38.2 Å². The number of ketones is 1. The van der Waals surface area contributed by atoms with Gasteiger partial charge in [-0.3, -0.25) is 19.2 Å². The summed E-state index contributed by atoms with van der Waals surface area (Å²) in [6, 6.07) is 5.31. The number of benzene rings is 1. The van der Waals surface area contributed by atoms with Crippen molar-refractivity contribution in [1.29, 1.82) is 5.41 Å². The zero-order valence-corrected chi connectivity index (χ0v) is 16.9. The molecule has 3 amide bonds. The summed E-state index contributed by atoms with van der Waals surface area (Å²) in [5.74, 6) is -1.59. The molecular formula is C20H25ClN4O4. The van der Waals surface area contributed by atoms with Crippen molar-refractivity contribution in [1.82, 2.24) is 16.0 Å². The highest BCUT2D eigenvalue weighted by molar-refractivity contribution is 6.30. The maximum atomic E-state index is 12.7. The van der Waals surface area contributed by atoms with Crippen molar-refractivity contribution < 1.29 is 19.2 Å². The topological polar surface area (TPSA) is 128 Å². The van der Waals surface area contributed by atoms with Gasteiger partial charge in [0.25, 0.3) is 0 Å². The van der Waals surface area contributed by atoms with Crippen molar-refractivity contribution in [2.75, 3.05) is 0 Å². The molecule has 4 N–H and O–H groups in total. The van der Waals surface area contributed by atoms with E-state index in [2.05, 4.69) is 16.0 Å². The molecule has 1 aliphatic carbocycles. The molecule has 2 rings (SSSR count). The van der Waals surface area contributed by atoms with Crippen LogP contribution in [0.5, 0.6) is 0 Å². The maximum absolute atomic E-state index is 12.7. The van der Waals surface area contributed by atoms with E-state index in [1.54, 1.807) is 24.3 Å². The minimum absolute atomic E-state index is 0.0446. The van der Waals surface area contributed by atoms with Crippen molar-refractivity contribution in [3.8, 4) is 0 Å². The van der Waals surface area contributed by atoms with Gasteiger partial charge in [0, 0.05) is 24.9 Å². The summed E-state index contributed by atoms with van der Waals surface area (Å²) in [6.45, 7) is 1.57. The first-order valence-electron chi connectivity index (χ1n) is 9.43. The minimum atomic E-state index is -0.950. The van der Waals surface area contributed by atoms with E-state index >= 15 is 0 Å². The number of nitrogens with one attached hydrogen (secondary N) is 4. The molecular weight excluding hydrogens is 396 g/mol. The number of rotatable bonds is 11. The summed E-state index contributed by atoms with van der Waals surface area (Å²) in [7, 11) is 0. The van der Waals surface area contributed by atoms with Crippen LogP contribution < -0.4 is 16.0 Å². The lowest BCUT2D eigenvalue weighted by molar-refractivity contribution is -0.132. The predicted molar refractivity (Wildman–Crippen MR) is 109 cm³/mol. The second kappa shape index (κ2) is 10.7. The van der Waals surface area contributed by atoms with Crippen molar-refractivity contribution >= 4 is 41.3 Å². The van der Waals surface area contributed by atoms with Crippen molar-refractivity contribution in [2.24, 2.45) is 5.92 Å². The van der Waals surface area contributed by atoms with E-state index in [4.69, 9.17) is 17.0 Å². The van der Waals surface area contributed by atoms with Crippen LogP contribution in [0.15, 0.2) is 24.3 Å². The molecule has 9 heteroatoms. The van der Waals surface area contributed by atoms with Gasteiger partial charge in [0.2, 0.25) is 17.7 Å². The van der Waals surface area contributed by atoms with Crippen LogP contribution in [-0.2, 0) is 25.7 Å². The molecule has 2 atom stereocenters. The van der Waals surface area contributed by atoms with Gasteiger partial charge < -0.3 is 21.4 Å². The van der Waals surface area contributed by atoms with Gasteiger partial charge in [-0.25, -0.2) is 0 Å². The lowest BCUT2D eigenvalue weighted by atomic mass is 10.1. The first kappa shape index (κ1) is 22.5. The molecule has 1 fully saturated rings. The van der Waals surface area contributed by atoms with E-state index in [9.17, 15) is 19.2 Å². The molecule has 1 aromatic carbocycles. The lowest BCUT2D eigenvalue weighted by Crippen LogP contribution is -2.54. The quantitative estimate of drug-likeness (QED) is 0.403. The Bertz CT molecular complexity index is 777. The van der Waals surface area contributed by atoms with E-state index < -0.39 is 29.7 Å². The van der Waals surface area contributed by atoms with Crippen LogP contribution in [0.3, 0.4) is 0 Å². The van der Waals surface area contributed by atoms with Crippen molar-refractivity contribution in [2.45, 2.75) is 51.2 Å². The third kappa shape index (κ3) is 7.65.